The predicted molar refractivity (Wildman–Crippen MR) is 82.4 cm³/mol. The zero-order valence-electron chi connectivity index (χ0n) is 10.2. The Morgan fingerprint density at radius 3 is 2.50 bits per heavy atom. The number of nitrogens with zero attached hydrogens (tertiary/aromatic N) is 1. The Balaban J connectivity index is 2.20. The van der Waals surface area contributed by atoms with E-state index in [1.54, 1.807) is 12.1 Å². The van der Waals surface area contributed by atoms with Crippen LogP contribution in [0.1, 0.15) is 0 Å². The highest BCUT2D eigenvalue weighted by Gasteiger charge is 2.17. The molecule has 0 saturated carbocycles. The normalized spacial score (nSPS) is 10.7. The van der Waals surface area contributed by atoms with E-state index in [1.165, 1.54) is 16.7 Å². The van der Waals surface area contributed by atoms with Crippen LogP contribution in [-0.4, -0.2) is 4.57 Å². The molecule has 0 atom stereocenters. The number of hydrogen-bond donors (Lipinski definition) is 0. The minimum Gasteiger partial charge on any atom is -0.406 e. The predicted octanol–water partition coefficient (Wildman–Crippen LogP) is 3.84. The number of oxazole rings is 1. The molecule has 0 amide bonds. The molecule has 20 heavy (non-hydrogen) atoms. The third-order valence-corrected chi connectivity index (χ3v) is 3.83. The third-order valence-electron chi connectivity index (χ3n) is 2.86. The fraction of sp³-hybridized carbons (Fsp3) is 0. The van der Waals surface area contributed by atoms with Gasteiger partial charge in [0.2, 0.25) is 0 Å². The Labute approximate surface area is 127 Å². The Kier molecular flexibility index (Phi) is 3.43. The van der Waals surface area contributed by atoms with Gasteiger partial charge in [0, 0.05) is 5.56 Å². The van der Waals surface area contributed by atoms with Gasteiger partial charge in [-0.2, -0.15) is 0 Å². The number of hydrogen-bond acceptors (Lipinski definition) is 2. The van der Waals surface area contributed by atoms with Crippen LogP contribution in [0.4, 0.5) is 4.39 Å². The smallest absolute Gasteiger partial charge is 0.406 e. The summed E-state index contributed by atoms with van der Waals surface area (Å²) in [6.45, 7) is 0. The molecule has 1 aromatic heterocycles. The van der Waals surface area contributed by atoms with Crippen molar-refractivity contribution in [2.24, 2.45) is 0 Å². The van der Waals surface area contributed by atoms with E-state index >= 15 is 0 Å². The fourth-order valence-corrected chi connectivity index (χ4v) is 2.86. The van der Waals surface area contributed by atoms with Crippen LogP contribution in [0, 0.1) is 9.52 Å². The maximum atomic E-state index is 13.3. The summed E-state index contributed by atoms with van der Waals surface area (Å²) in [6.07, 6.45) is 0. The first kappa shape index (κ1) is 13.1. The molecule has 0 saturated heterocycles. The Morgan fingerprint density at radius 2 is 1.80 bits per heavy atom. The quantitative estimate of drug-likeness (QED) is 0.633. The number of rotatable bonds is 2. The lowest BCUT2D eigenvalue weighted by molar-refractivity contribution is 0.516. The summed E-state index contributed by atoms with van der Waals surface area (Å²) >= 11 is 2.03. The topological polar surface area (TPSA) is 35.1 Å². The van der Waals surface area contributed by atoms with Crippen LogP contribution < -0.4 is 5.76 Å². The number of aromatic nitrogens is 1. The van der Waals surface area contributed by atoms with E-state index in [-0.39, 0.29) is 0 Å². The highest BCUT2D eigenvalue weighted by atomic mass is 127. The van der Waals surface area contributed by atoms with Gasteiger partial charge < -0.3 is 4.42 Å². The second-order valence-electron chi connectivity index (χ2n) is 4.17. The van der Waals surface area contributed by atoms with Crippen LogP contribution >= 0.6 is 22.6 Å². The standard InChI is InChI=1S/C15H9FINO2/c16-11-7-4-8-12(9-11)18-14(17)13(20-15(18)19)10-5-2-1-3-6-10/h1-9H. The molecule has 0 spiro atoms. The Morgan fingerprint density at radius 1 is 1.05 bits per heavy atom. The van der Waals surface area contributed by atoms with E-state index in [9.17, 15) is 9.18 Å². The maximum absolute atomic E-state index is 13.3. The van der Waals surface area contributed by atoms with Gasteiger partial charge in [-0.25, -0.2) is 13.8 Å². The molecular formula is C15H9FINO2. The van der Waals surface area contributed by atoms with Crippen molar-refractivity contribution in [1.29, 1.82) is 0 Å². The summed E-state index contributed by atoms with van der Waals surface area (Å²) in [5.74, 6) is -0.438. The molecule has 100 valence electrons. The summed E-state index contributed by atoms with van der Waals surface area (Å²) in [4.78, 5) is 12.0. The molecule has 0 fully saturated rings. The molecular weight excluding hydrogens is 372 g/mol. The third kappa shape index (κ3) is 2.29. The largest absolute Gasteiger partial charge is 0.425 e. The van der Waals surface area contributed by atoms with E-state index in [1.807, 2.05) is 52.9 Å². The van der Waals surface area contributed by atoms with E-state index in [4.69, 9.17) is 4.42 Å². The second kappa shape index (κ2) is 5.24. The van der Waals surface area contributed by atoms with Crippen molar-refractivity contribution >= 4 is 22.6 Å². The van der Waals surface area contributed by atoms with Crippen LogP contribution in [0.3, 0.4) is 0 Å². The first-order valence-electron chi connectivity index (χ1n) is 5.89. The van der Waals surface area contributed by atoms with Crippen LogP contribution in [0.25, 0.3) is 17.0 Å². The summed E-state index contributed by atoms with van der Waals surface area (Å²) in [6, 6.07) is 15.2. The minimum absolute atomic E-state index is 0.396. The van der Waals surface area contributed by atoms with Crippen molar-refractivity contribution < 1.29 is 8.81 Å². The lowest BCUT2D eigenvalue weighted by Crippen LogP contribution is -2.13. The van der Waals surface area contributed by atoms with Gasteiger partial charge in [-0.3, -0.25) is 0 Å². The van der Waals surface area contributed by atoms with Crippen molar-refractivity contribution in [2.45, 2.75) is 0 Å². The lowest BCUT2D eigenvalue weighted by Gasteiger charge is -2.02. The van der Waals surface area contributed by atoms with Crippen molar-refractivity contribution in [1.82, 2.24) is 4.57 Å². The summed E-state index contributed by atoms with van der Waals surface area (Å²) in [5, 5.41) is 0. The molecule has 3 rings (SSSR count). The van der Waals surface area contributed by atoms with E-state index in [0.717, 1.165) is 5.56 Å². The van der Waals surface area contributed by atoms with Gasteiger partial charge in [0.1, 0.15) is 9.52 Å². The van der Waals surface area contributed by atoms with E-state index < -0.39 is 11.6 Å². The number of halogens is 2. The molecule has 0 N–H and O–H groups in total. The summed E-state index contributed by atoms with van der Waals surface area (Å²) in [7, 11) is 0. The molecule has 0 aliphatic carbocycles. The lowest BCUT2D eigenvalue weighted by atomic mass is 10.2. The first-order valence-corrected chi connectivity index (χ1v) is 6.97. The van der Waals surface area contributed by atoms with Crippen LogP contribution in [-0.2, 0) is 0 Å². The molecule has 0 aliphatic rings. The number of benzene rings is 2. The van der Waals surface area contributed by atoms with Gasteiger partial charge in [0.05, 0.1) is 5.69 Å². The van der Waals surface area contributed by atoms with Gasteiger partial charge in [-0.05, 0) is 40.8 Å². The first-order chi connectivity index (χ1) is 9.66. The molecule has 3 aromatic rings. The highest BCUT2D eigenvalue weighted by molar-refractivity contribution is 14.1. The van der Waals surface area contributed by atoms with E-state index in [0.29, 0.717) is 15.1 Å². The highest BCUT2D eigenvalue weighted by Crippen LogP contribution is 2.26. The molecule has 3 nitrogen and oxygen atoms in total. The fourth-order valence-electron chi connectivity index (χ4n) is 1.96. The van der Waals surface area contributed by atoms with Gasteiger partial charge in [-0.1, -0.05) is 36.4 Å². The van der Waals surface area contributed by atoms with Crippen molar-refractivity contribution in [3.05, 3.63) is 74.7 Å². The average molecular weight is 381 g/mol. The molecule has 0 radical (unpaired) electrons. The molecule has 1 heterocycles. The zero-order valence-corrected chi connectivity index (χ0v) is 12.4. The van der Waals surface area contributed by atoms with Crippen molar-refractivity contribution in [3.63, 3.8) is 0 Å². The summed E-state index contributed by atoms with van der Waals surface area (Å²) < 4.78 is 20.6. The van der Waals surface area contributed by atoms with Crippen molar-refractivity contribution in [3.8, 4) is 17.0 Å². The SMILES string of the molecule is O=c1oc(-c2ccccc2)c(I)n1-c1cccc(F)c1. The van der Waals surface area contributed by atoms with Crippen molar-refractivity contribution in [2.75, 3.05) is 0 Å². The van der Waals surface area contributed by atoms with Gasteiger partial charge >= 0.3 is 5.76 Å². The molecule has 5 heteroatoms. The van der Waals surface area contributed by atoms with Gasteiger partial charge in [0.25, 0.3) is 0 Å². The monoisotopic (exact) mass is 381 g/mol. The second-order valence-corrected chi connectivity index (χ2v) is 5.19. The zero-order chi connectivity index (χ0) is 14.1. The average Bonchev–Trinajstić information content (AvgIpc) is 2.75. The molecule has 0 aliphatic heterocycles. The molecule has 0 unspecified atom stereocenters. The van der Waals surface area contributed by atoms with Gasteiger partial charge in [-0.15, -0.1) is 0 Å². The van der Waals surface area contributed by atoms with Crippen LogP contribution in [0.15, 0.2) is 63.8 Å². The van der Waals surface area contributed by atoms with E-state index in [2.05, 4.69) is 0 Å². The molecule has 0 bridgehead atoms. The molecule has 2 aromatic carbocycles. The summed E-state index contributed by atoms with van der Waals surface area (Å²) in [5.41, 5.74) is 1.26. The minimum atomic E-state index is -0.529. The van der Waals surface area contributed by atoms with Gasteiger partial charge in [0.15, 0.2) is 5.76 Å². The Bertz CT molecular complexity index is 808. The van der Waals surface area contributed by atoms with Crippen LogP contribution in [0.2, 0.25) is 0 Å². The maximum Gasteiger partial charge on any atom is 0.425 e. The Hall–Kier alpha value is -1.89. The van der Waals surface area contributed by atoms with Crippen LogP contribution in [0.5, 0.6) is 0 Å².